The first-order chi connectivity index (χ1) is 17.0. The molecule has 2 aliphatic rings. The minimum atomic E-state index is -1.04. The van der Waals surface area contributed by atoms with Gasteiger partial charge in [0.1, 0.15) is 18.7 Å². The standard InChI is InChI=1S/C27H30N2O5S/c1-3-9-22(25(30)29-23(26(31)32)16-35-24(29)10-4-2)28-27(33)34-15-21-19-13-7-5-11-17(19)18-12-6-8-14-20(18)21/h3,5-8,11-14,21-24H,1,4,9-10,15-16H2,2H3,(H,28,33)(H,31,32). The summed E-state index contributed by atoms with van der Waals surface area (Å²) in [5.41, 5.74) is 4.46. The van der Waals surface area contributed by atoms with Crippen LogP contribution in [-0.2, 0) is 14.3 Å². The molecule has 0 spiro atoms. The highest BCUT2D eigenvalue weighted by atomic mass is 32.2. The summed E-state index contributed by atoms with van der Waals surface area (Å²) in [5.74, 6) is -1.23. The van der Waals surface area contributed by atoms with Crippen LogP contribution in [0.25, 0.3) is 11.1 Å². The van der Waals surface area contributed by atoms with Crippen LogP contribution in [0.5, 0.6) is 0 Å². The zero-order chi connectivity index (χ0) is 24.9. The maximum absolute atomic E-state index is 13.4. The average Bonchev–Trinajstić information content (AvgIpc) is 3.42. The van der Waals surface area contributed by atoms with Gasteiger partial charge in [-0.1, -0.05) is 68.0 Å². The van der Waals surface area contributed by atoms with Crippen molar-refractivity contribution >= 4 is 29.7 Å². The van der Waals surface area contributed by atoms with E-state index in [9.17, 15) is 19.5 Å². The van der Waals surface area contributed by atoms with Crippen molar-refractivity contribution in [2.24, 2.45) is 0 Å². The third-order valence-electron chi connectivity index (χ3n) is 6.50. The second-order valence-electron chi connectivity index (χ2n) is 8.72. The van der Waals surface area contributed by atoms with E-state index < -0.39 is 30.1 Å². The third kappa shape index (κ3) is 5.07. The number of carbonyl (C=O) groups is 3. The predicted molar refractivity (Wildman–Crippen MR) is 136 cm³/mol. The van der Waals surface area contributed by atoms with Crippen molar-refractivity contribution in [3.63, 3.8) is 0 Å². The van der Waals surface area contributed by atoms with Gasteiger partial charge in [0, 0.05) is 11.7 Å². The summed E-state index contributed by atoms with van der Waals surface area (Å²) in [6.07, 6.45) is 2.51. The molecule has 2 aromatic carbocycles. The first-order valence-corrected chi connectivity index (χ1v) is 12.9. The van der Waals surface area contributed by atoms with Crippen LogP contribution in [0.1, 0.15) is 43.2 Å². The molecule has 0 saturated carbocycles. The fourth-order valence-corrected chi connectivity index (χ4v) is 6.39. The second kappa shape index (κ2) is 11.0. The Balaban J connectivity index is 1.45. The molecule has 1 fully saturated rings. The molecule has 0 aromatic heterocycles. The van der Waals surface area contributed by atoms with Gasteiger partial charge in [-0.05, 0) is 35.1 Å². The Bertz CT molecular complexity index is 1070. The molecule has 3 atom stereocenters. The number of fused-ring (bicyclic) bond motifs is 3. The molecule has 7 nitrogen and oxygen atoms in total. The number of amides is 2. The summed E-state index contributed by atoms with van der Waals surface area (Å²) in [5, 5.41) is 12.1. The van der Waals surface area contributed by atoms with Gasteiger partial charge in [-0.15, -0.1) is 18.3 Å². The van der Waals surface area contributed by atoms with E-state index in [0.717, 1.165) is 28.7 Å². The highest BCUT2D eigenvalue weighted by Gasteiger charge is 2.43. The molecule has 35 heavy (non-hydrogen) atoms. The maximum atomic E-state index is 13.4. The minimum absolute atomic E-state index is 0.0954. The van der Waals surface area contributed by atoms with E-state index in [2.05, 4.69) is 24.0 Å². The number of aliphatic carboxylic acids is 1. The van der Waals surface area contributed by atoms with Crippen LogP contribution in [0.4, 0.5) is 4.79 Å². The average molecular weight is 495 g/mol. The van der Waals surface area contributed by atoms with Crippen LogP contribution in [0.2, 0.25) is 0 Å². The lowest BCUT2D eigenvalue weighted by molar-refractivity contribution is -0.150. The number of nitrogens with zero attached hydrogens (tertiary/aromatic N) is 1. The van der Waals surface area contributed by atoms with Crippen molar-refractivity contribution in [2.75, 3.05) is 12.4 Å². The summed E-state index contributed by atoms with van der Waals surface area (Å²) in [6, 6.07) is 14.3. The zero-order valence-corrected chi connectivity index (χ0v) is 20.5. The SMILES string of the molecule is C=CCC(NC(=O)OCC1c2ccccc2-c2ccccc21)C(=O)N1C(CCC)SCC1C(=O)O. The lowest BCUT2D eigenvalue weighted by atomic mass is 9.98. The van der Waals surface area contributed by atoms with E-state index in [1.807, 2.05) is 43.3 Å². The minimum Gasteiger partial charge on any atom is -0.480 e. The van der Waals surface area contributed by atoms with Crippen molar-refractivity contribution in [1.29, 1.82) is 0 Å². The Morgan fingerprint density at radius 3 is 2.37 bits per heavy atom. The van der Waals surface area contributed by atoms with E-state index in [1.54, 1.807) is 6.08 Å². The van der Waals surface area contributed by atoms with Gasteiger partial charge in [0.15, 0.2) is 0 Å². The lowest BCUT2D eigenvalue weighted by Crippen LogP contribution is -2.54. The van der Waals surface area contributed by atoms with E-state index in [0.29, 0.717) is 12.2 Å². The number of hydrogen-bond acceptors (Lipinski definition) is 5. The Labute approximate surface area is 209 Å². The molecule has 8 heteroatoms. The van der Waals surface area contributed by atoms with Gasteiger partial charge in [0.05, 0.1) is 5.37 Å². The first kappa shape index (κ1) is 24.9. The van der Waals surface area contributed by atoms with Gasteiger partial charge in [-0.2, -0.15) is 0 Å². The molecule has 0 bridgehead atoms. The van der Waals surface area contributed by atoms with Crippen LogP contribution < -0.4 is 5.32 Å². The summed E-state index contributed by atoms with van der Waals surface area (Å²) in [6.45, 7) is 5.82. The topological polar surface area (TPSA) is 95.9 Å². The van der Waals surface area contributed by atoms with E-state index in [4.69, 9.17) is 4.74 Å². The number of thioether (sulfide) groups is 1. The van der Waals surface area contributed by atoms with Crippen LogP contribution in [0, 0.1) is 0 Å². The summed E-state index contributed by atoms with van der Waals surface area (Å²) in [4.78, 5) is 39.4. The van der Waals surface area contributed by atoms with Gasteiger partial charge in [-0.25, -0.2) is 9.59 Å². The molecule has 184 valence electrons. The second-order valence-corrected chi connectivity index (χ2v) is 9.93. The molecular weight excluding hydrogens is 464 g/mol. The number of ether oxygens (including phenoxy) is 1. The molecular formula is C27H30N2O5S. The summed E-state index contributed by atoms with van der Waals surface area (Å²) in [7, 11) is 0. The number of alkyl carbamates (subject to hydrolysis) is 1. The number of carbonyl (C=O) groups excluding carboxylic acids is 2. The molecule has 2 amide bonds. The Kier molecular flexibility index (Phi) is 7.80. The highest BCUT2D eigenvalue weighted by molar-refractivity contribution is 8.00. The highest BCUT2D eigenvalue weighted by Crippen LogP contribution is 2.44. The monoisotopic (exact) mass is 494 g/mol. The number of benzene rings is 2. The summed E-state index contributed by atoms with van der Waals surface area (Å²) < 4.78 is 5.60. The molecule has 2 aromatic rings. The Hall–Kier alpha value is -3.26. The largest absolute Gasteiger partial charge is 0.480 e. The van der Waals surface area contributed by atoms with Crippen molar-refractivity contribution in [3.8, 4) is 11.1 Å². The maximum Gasteiger partial charge on any atom is 0.407 e. The number of nitrogens with one attached hydrogen (secondary N) is 1. The molecule has 1 aliphatic carbocycles. The fourth-order valence-electron chi connectivity index (χ4n) is 4.87. The van der Waals surface area contributed by atoms with Crippen molar-refractivity contribution in [2.45, 2.75) is 49.6 Å². The quantitative estimate of drug-likeness (QED) is 0.494. The van der Waals surface area contributed by atoms with Gasteiger partial charge < -0.3 is 20.1 Å². The molecule has 1 saturated heterocycles. The van der Waals surface area contributed by atoms with Crippen LogP contribution in [-0.4, -0.2) is 57.8 Å². The Morgan fingerprint density at radius 1 is 1.17 bits per heavy atom. The lowest BCUT2D eigenvalue weighted by Gasteiger charge is -2.31. The Morgan fingerprint density at radius 2 is 1.80 bits per heavy atom. The molecule has 1 heterocycles. The van der Waals surface area contributed by atoms with Crippen molar-refractivity contribution < 1.29 is 24.2 Å². The fraction of sp³-hybridized carbons (Fsp3) is 0.370. The van der Waals surface area contributed by atoms with Crippen LogP contribution in [0.3, 0.4) is 0 Å². The van der Waals surface area contributed by atoms with Gasteiger partial charge in [0.25, 0.3) is 0 Å². The van der Waals surface area contributed by atoms with E-state index in [-0.39, 0.29) is 24.3 Å². The van der Waals surface area contributed by atoms with Crippen molar-refractivity contribution in [1.82, 2.24) is 10.2 Å². The molecule has 1 aliphatic heterocycles. The van der Waals surface area contributed by atoms with Crippen molar-refractivity contribution in [3.05, 3.63) is 72.3 Å². The smallest absolute Gasteiger partial charge is 0.407 e. The van der Waals surface area contributed by atoms with Gasteiger partial charge in [0.2, 0.25) is 5.91 Å². The molecule has 0 radical (unpaired) electrons. The normalized spacial score (nSPS) is 19.5. The molecule has 3 unspecified atom stereocenters. The third-order valence-corrected chi connectivity index (χ3v) is 7.86. The van der Waals surface area contributed by atoms with E-state index >= 15 is 0 Å². The van der Waals surface area contributed by atoms with E-state index in [1.165, 1.54) is 16.7 Å². The number of carboxylic acid groups (broad SMARTS) is 1. The number of carboxylic acids is 1. The molecule has 4 rings (SSSR count). The van der Waals surface area contributed by atoms with Crippen LogP contribution >= 0.6 is 11.8 Å². The molecule has 2 N–H and O–H groups in total. The summed E-state index contributed by atoms with van der Waals surface area (Å²) >= 11 is 1.46. The predicted octanol–water partition coefficient (Wildman–Crippen LogP) is 4.62. The first-order valence-electron chi connectivity index (χ1n) is 11.8. The van der Waals surface area contributed by atoms with Gasteiger partial charge in [-0.3, -0.25) is 4.79 Å². The van der Waals surface area contributed by atoms with Crippen LogP contribution in [0.15, 0.2) is 61.2 Å². The number of hydrogen-bond donors (Lipinski definition) is 2. The van der Waals surface area contributed by atoms with Gasteiger partial charge >= 0.3 is 12.1 Å². The zero-order valence-electron chi connectivity index (χ0n) is 19.7. The number of rotatable bonds is 9.